The molecule has 3 heterocycles. The number of hydrogen-bond acceptors (Lipinski definition) is 4. The van der Waals surface area contributed by atoms with Gasteiger partial charge in [0, 0.05) is 18.8 Å². The van der Waals surface area contributed by atoms with Gasteiger partial charge in [-0.25, -0.2) is 14.3 Å². The molecule has 0 bridgehead atoms. The predicted molar refractivity (Wildman–Crippen MR) is 110 cm³/mol. The Bertz CT molecular complexity index is 1040. The van der Waals surface area contributed by atoms with Crippen molar-refractivity contribution in [1.29, 1.82) is 0 Å². The van der Waals surface area contributed by atoms with Gasteiger partial charge in [0.25, 0.3) is 5.91 Å². The van der Waals surface area contributed by atoms with Crippen LogP contribution in [0.5, 0.6) is 0 Å². The third-order valence-corrected chi connectivity index (χ3v) is 7.21. The highest BCUT2D eigenvalue weighted by Crippen LogP contribution is 2.32. The molecule has 0 aliphatic carbocycles. The molecule has 0 spiro atoms. The fourth-order valence-corrected chi connectivity index (χ4v) is 5.60. The van der Waals surface area contributed by atoms with Crippen LogP contribution in [-0.2, 0) is 9.59 Å². The number of para-hydroxylation sites is 1. The number of imide groups is 1. The smallest absolute Gasteiger partial charge is 0.292 e. The number of carbonyl (C=O) groups excluding carboxylic acids is 2. The molecule has 0 radical (unpaired) electrons. The molecular weight excluding hydrogens is 389 g/mol. The Morgan fingerprint density at radius 3 is 2.48 bits per heavy atom. The van der Waals surface area contributed by atoms with Crippen LogP contribution < -0.4 is 9.80 Å². The van der Waals surface area contributed by atoms with E-state index in [1.165, 1.54) is 43.8 Å². The Labute approximate surface area is 171 Å². The molecule has 5 rings (SSSR count). The molecule has 0 unspecified atom stereocenters. The van der Waals surface area contributed by atoms with E-state index in [1.54, 1.807) is 11.3 Å². The van der Waals surface area contributed by atoms with Crippen molar-refractivity contribution < 1.29 is 18.9 Å². The predicted octanol–water partition coefficient (Wildman–Crippen LogP) is 2.53. The number of aromatic nitrogens is 1. The van der Waals surface area contributed by atoms with E-state index in [1.807, 2.05) is 18.2 Å². The molecule has 2 fully saturated rings. The number of rotatable bonds is 3. The first kappa shape index (κ1) is 18.4. The van der Waals surface area contributed by atoms with E-state index in [0.717, 1.165) is 31.4 Å². The highest BCUT2D eigenvalue weighted by atomic mass is 32.1. The Morgan fingerprint density at radius 1 is 1.03 bits per heavy atom. The first-order valence-corrected chi connectivity index (χ1v) is 10.7. The normalized spacial score (nSPS) is 25.1. The number of carbonyl (C=O) groups is 2. The molecular formula is C22H21FN3O2S+. The summed E-state index contributed by atoms with van der Waals surface area (Å²) < 4.78 is 14.4. The molecule has 2 amide bonds. The first-order chi connectivity index (χ1) is 14.1. The number of quaternary nitrogens is 1. The van der Waals surface area contributed by atoms with Crippen molar-refractivity contribution in [1.82, 2.24) is 4.98 Å². The number of benzene rings is 2. The van der Waals surface area contributed by atoms with Gasteiger partial charge in [-0.15, -0.1) is 11.3 Å². The van der Waals surface area contributed by atoms with Crippen molar-refractivity contribution in [3.8, 4) is 0 Å². The number of nitrogens with one attached hydrogen (secondary N) is 1. The van der Waals surface area contributed by atoms with Crippen molar-refractivity contribution in [2.45, 2.75) is 31.2 Å². The van der Waals surface area contributed by atoms with Crippen LogP contribution in [0.15, 0.2) is 48.5 Å². The van der Waals surface area contributed by atoms with Gasteiger partial charge in [0.05, 0.1) is 40.4 Å². The maximum atomic E-state index is 13.2. The van der Waals surface area contributed by atoms with Gasteiger partial charge >= 0.3 is 0 Å². The molecule has 2 saturated heterocycles. The highest BCUT2D eigenvalue weighted by molar-refractivity contribution is 7.18. The van der Waals surface area contributed by atoms with Gasteiger partial charge in [0.1, 0.15) is 5.82 Å². The minimum Gasteiger partial charge on any atom is -0.324 e. The van der Waals surface area contributed by atoms with Crippen LogP contribution in [0.1, 0.15) is 30.2 Å². The third kappa shape index (κ3) is 3.34. The van der Waals surface area contributed by atoms with Crippen molar-refractivity contribution in [3.05, 3.63) is 59.4 Å². The fourth-order valence-electron chi connectivity index (χ4n) is 4.46. The van der Waals surface area contributed by atoms with E-state index in [9.17, 15) is 14.0 Å². The molecule has 1 N–H and O–H groups in total. The third-order valence-electron chi connectivity index (χ3n) is 6.01. The van der Waals surface area contributed by atoms with E-state index >= 15 is 0 Å². The largest absolute Gasteiger partial charge is 0.324 e. The van der Waals surface area contributed by atoms with Crippen molar-refractivity contribution >= 4 is 39.1 Å². The second kappa shape index (κ2) is 7.31. The lowest BCUT2D eigenvalue weighted by Gasteiger charge is -2.31. The SMILES string of the molecule is O=C1C[C@H]([NH+]2CCC(c3nc4ccccc4s3)CC2)C(=O)N1c1ccc(F)cc1. The molecule has 148 valence electrons. The zero-order valence-corrected chi connectivity index (χ0v) is 16.6. The summed E-state index contributed by atoms with van der Waals surface area (Å²) in [4.78, 5) is 32.6. The number of hydrogen-bond donors (Lipinski definition) is 1. The van der Waals surface area contributed by atoms with Gasteiger partial charge in [-0.3, -0.25) is 9.59 Å². The molecule has 1 atom stereocenters. The molecule has 0 saturated carbocycles. The summed E-state index contributed by atoms with van der Waals surface area (Å²) in [5.41, 5.74) is 1.50. The summed E-state index contributed by atoms with van der Waals surface area (Å²) in [6.07, 6.45) is 2.14. The van der Waals surface area contributed by atoms with Gasteiger partial charge in [-0.05, 0) is 36.4 Å². The average molecular weight is 410 g/mol. The lowest BCUT2D eigenvalue weighted by atomic mass is 9.96. The van der Waals surface area contributed by atoms with Gasteiger partial charge < -0.3 is 4.90 Å². The topological polar surface area (TPSA) is 54.7 Å². The monoisotopic (exact) mass is 410 g/mol. The van der Waals surface area contributed by atoms with Gasteiger partial charge in [-0.2, -0.15) is 0 Å². The van der Waals surface area contributed by atoms with E-state index in [4.69, 9.17) is 4.98 Å². The molecule has 29 heavy (non-hydrogen) atoms. The quantitative estimate of drug-likeness (QED) is 0.675. The number of fused-ring (bicyclic) bond motifs is 1. The summed E-state index contributed by atoms with van der Waals surface area (Å²) >= 11 is 1.76. The van der Waals surface area contributed by atoms with Crippen molar-refractivity contribution in [2.24, 2.45) is 0 Å². The fraction of sp³-hybridized carbons (Fsp3) is 0.318. The zero-order chi connectivity index (χ0) is 20.0. The number of likely N-dealkylation sites (tertiary alicyclic amines) is 1. The summed E-state index contributed by atoms with van der Waals surface area (Å²) in [5, 5.41) is 1.17. The van der Waals surface area contributed by atoms with Crippen molar-refractivity contribution in [3.63, 3.8) is 0 Å². The van der Waals surface area contributed by atoms with Crippen LogP contribution >= 0.6 is 11.3 Å². The van der Waals surface area contributed by atoms with E-state index < -0.39 is 0 Å². The van der Waals surface area contributed by atoms with Crippen LogP contribution in [0.2, 0.25) is 0 Å². The molecule has 2 aromatic carbocycles. The Hall–Kier alpha value is -2.64. The Balaban J connectivity index is 1.27. The minimum absolute atomic E-state index is 0.171. The van der Waals surface area contributed by atoms with Crippen LogP contribution in [0.25, 0.3) is 10.2 Å². The standard InChI is InChI=1S/C22H20FN3O2S/c23-15-5-7-16(8-6-15)26-20(27)13-18(22(26)28)25-11-9-14(10-12-25)21-24-17-3-1-2-4-19(17)29-21/h1-8,14,18H,9-13H2/p+1/t18-/m0/s1. The van der Waals surface area contributed by atoms with E-state index in [0.29, 0.717) is 11.6 Å². The van der Waals surface area contributed by atoms with Crippen LogP contribution in [0.4, 0.5) is 10.1 Å². The zero-order valence-electron chi connectivity index (χ0n) is 15.8. The molecule has 2 aliphatic rings. The van der Waals surface area contributed by atoms with Gasteiger partial charge in [-0.1, -0.05) is 12.1 Å². The lowest BCUT2D eigenvalue weighted by molar-refractivity contribution is -0.920. The van der Waals surface area contributed by atoms with Crippen LogP contribution in [-0.4, -0.2) is 35.9 Å². The Morgan fingerprint density at radius 2 is 1.76 bits per heavy atom. The minimum atomic E-state index is -0.382. The number of amides is 2. The number of anilines is 1. The van der Waals surface area contributed by atoms with Gasteiger partial charge in [0.2, 0.25) is 5.91 Å². The van der Waals surface area contributed by atoms with Crippen LogP contribution in [0, 0.1) is 5.82 Å². The molecule has 5 nitrogen and oxygen atoms in total. The number of thiazole rings is 1. The maximum absolute atomic E-state index is 13.2. The number of piperidine rings is 1. The van der Waals surface area contributed by atoms with Crippen molar-refractivity contribution in [2.75, 3.05) is 18.0 Å². The maximum Gasteiger partial charge on any atom is 0.292 e. The summed E-state index contributed by atoms with van der Waals surface area (Å²) in [6.45, 7) is 1.70. The van der Waals surface area contributed by atoms with E-state index in [-0.39, 0.29) is 30.1 Å². The van der Waals surface area contributed by atoms with Crippen LogP contribution in [0.3, 0.4) is 0 Å². The summed E-state index contributed by atoms with van der Waals surface area (Å²) in [7, 11) is 0. The lowest BCUT2D eigenvalue weighted by Crippen LogP contribution is -3.17. The molecule has 3 aromatic rings. The molecule has 1 aromatic heterocycles. The summed E-state index contributed by atoms with van der Waals surface area (Å²) in [6, 6.07) is 13.4. The Kier molecular flexibility index (Phi) is 4.64. The van der Waals surface area contributed by atoms with Gasteiger partial charge in [0.15, 0.2) is 6.04 Å². The molecule has 2 aliphatic heterocycles. The second-order valence-corrected chi connectivity index (χ2v) is 8.82. The first-order valence-electron chi connectivity index (χ1n) is 9.92. The summed E-state index contributed by atoms with van der Waals surface area (Å²) in [5.74, 6) is -0.342. The van der Waals surface area contributed by atoms with E-state index in [2.05, 4.69) is 6.07 Å². The highest BCUT2D eigenvalue weighted by Gasteiger charge is 2.46. The second-order valence-electron chi connectivity index (χ2n) is 7.75. The molecule has 7 heteroatoms. The number of nitrogens with zero attached hydrogens (tertiary/aromatic N) is 2. The number of halogens is 1. The average Bonchev–Trinajstić information content (AvgIpc) is 3.30.